The molecule has 14 heteroatoms. The Morgan fingerprint density at radius 2 is 1.87 bits per heavy atom. The molecule has 2 heterocycles. The van der Waals surface area contributed by atoms with Gasteiger partial charge in [-0.1, -0.05) is 25.3 Å². The van der Waals surface area contributed by atoms with Crippen LogP contribution < -0.4 is 15.3 Å². The third kappa shape index (κ3) is 4.91. The van der Waals surface area contributed by atoms with Crippen LogP contribution in [0.2, 0.25) is 0 Å². The smallest absolute Gasteiger partial charge is 0.377 e. The highest BCUT2D eigenvalue weighted by Crippen LogP contribution is 2.34. The highest BCUT2D eigenvalue weighted by atomic mass is 32.1. The molecule has 1 amide bonds. The Labute approximate surface area is 223 Å². The average Bonchev–Trinajstić information content (AvgIpc) is 3.55. The fourth-order valence-corrected chi connectivity index (χ4v) is 5.59. The van der Waals surface area contributed by atoms with Crippen molar-refractivity contribution in [3.05, 3.63) is 52.4 Å². The number of hydrogen-bond acceptors (Lipinski definition) is 10. The van der Waals surface area contributed by atoms with Gasteiger partial charge in [-0.15, -0.1) is 4.68 Å². The Bertz CT molecular complexity index is 1540. The first-order valence-corrected chi connectivity index (χ1v) is 15.0. The van der Waals surface area contributed by atoms with E-state index in [9.17, 15) is 14.4 Å². The van der Waals surface area contributed by atoms with Crippen LogP contribution >= 0.6 is 19.9 Å². The zero-order valence-corrected chi connectivity index (χ0v) is 22.8. The third-order valence-electron chi connectivity index (χ3n) is 6.35. The minimum Gasteiger partial charge on any atom is -0.496 e. The number of hydrogen-bond donors (Lipinski definition) is 0. The monoisotopic (exact) mass is 555 g/mol. The first kappa shape index (κ1) is 25.9. The fourth-order valence-electron chi connectivity index (χ4n) is 4.62. The van der Waals surface area contributed by atoms with Crippen LogP contribution in [0.1, 0.15) is 42.5 Å². The van der Waals surface area contributed by atoms with Crippen molar-refractivity contribution in [1.29, 1.82) is 0 Å². The van der Waals surface area contributed by atoms with E-state index in [-0.39, 0.29) is 11.6 Å². The number of tetrazole rings is 1. The Morgan fingerprint density at radius 3 is 2.61 bits per heavy atom. The number of methoxy groups -OCH3 is 1. The molecule has 4 aromatic rings. The predicted molar refractivity (Wildman–Crippen MR) is 144 cm³/mol. The van der Waals surface area contributed by atoms with Gasteiger partial charge in [0.15, 0.2) is 0 Å². The Morgan fingerprint density at radius 1 is 1.08 bits per heavy atom. The second kappa shape index (κ2) is 11.0. The van der Waals surface area contributed by atoms with E-state index in [1.807, 2.05) is 13.3 Å². The van der Waals surface area contributed by atoms with Gasteiger partial charge in [-0.25, -0.2) is 14.4 Å². The zero-order chi connectivity index (χ0) is 26.8. The highest BCUT2D eigenvalue weighted by Gasteiger charge is 2.32. The number of fused-ring (bicyclic) bond motifs is 1. The van der Waals surface area contributed by atoms with Crippen LogP contribution in [-0.4, -0.2) is 67.0 Å². The zero-order valence-electron chi connectivity index (χ0n) is 21.1. The summed E-state index contributed by atoms with van der Waals surface area (Å²) in [6, 6.07) is 9.23. The topological polar surface area (TPSA) is 134 Å². The summed E-state index contributed by atoms with van der Waals surface area (Å²) in [4.78, 5) is 41.7. The van der Waals surface area contributed by atoms with E-state index in [1.54, 1.807) is 36.4 Å². The number of ether oxygens (including phenoxy) is 1. The molecule has 0 unspecified atom stereocenters. The summed E-state index contributed by atoms with van der Waals surface area (Å²) in [7, 11) is 0.505. The maximum Gasteiger partial charge on any atom is 0.377 e. The van der Waals surface area contributed by atoms with Crippen LogP contribution in [0.3, 0.4) is 0 Å². The normalized spacial score (nSPS) is 14.1. The minimum atomic E-state index is -0.961. The van der Waals surface area contributed by atoms with Gasteiger partial charge in [-0.3, -0.25) is 4.90 Å². The lowest BCUT2D eigenvalue weighted by molar-refractivity contribution is 0.0753. The number of rotatable bonds is 6. The van der Waals surface area contributed by atoms with Gasteiger partial charge >= 0.3 is 17.7 Å². The van der Waals surface area contributed by atoms with E-state index < -0.39 is 25.8 Å². The summed E-state index contributed by atoms with van der Waals surface area (Å²) in [5, 5.41) is 7.90. The molecule has 2 aromatic carbocycles. The number of nitrogens with zero attached hydrogens (tertiary/aromatic N) is 7. The van der Waals surface area contributed by atoms with E-state index in [1.165, 1.54) is 12.0 Å². The molecule has 0 radical (unpaired) electrons. The number of carbonyl (C=O) groups is 2. The largest absolute Gasteiger partial charge is 0.496 e. The first-order chi connectivity index (χ1) is 18.4. The standard InChI is InChI=1S/C24H26N7O5PS/c1-35-20-13-12-16(14-17(20)22(32)36-37(2)3)29(15-8-5-4-6-9-15)23(33)31-24(34)30(27-28-31)19-11-7-10-18-21(19)26-38-25-18/h7,10-15H,4-6,8-9H2,1-3H3. The maximum absolute atomic E-state index is 13.9. The van der Waals surface area contributed by atoms with Crippen LogP contribution in [0.25, 0.3) is 16.7 Å². The lowest BCUT2D eigenvalue weighted by Gasteiger charge is -2.34. The van der Waals surface area contributed by atoms with Crippen molar-refractivity contribution in [1.82, 2.24) is 28.5 Å². The fraction of sp³-hybridized carbons (Fsp3) is 0.375. The molecule has 1 saturated carbocycles. The molecular formula is C24H26N7O5PS. The van der Waals surface area contributed by atoms with Crippen molar-refractivity contribution in [2.24, 2.45) is 0 Å². The highest BCUT2D eigenvalue weighted by molar-refractivity contribution is 7.51. The quantitative estimate of drug-likeness (QED) is 0.255. The van der Waals surface area contributed by atoms with Gasteiger partial charge in [0, 0.05) is 11.7 Å². The summed E-state index contributed by atoms with van der Waals surface area (Å²) in [6.07, 6.45) is 4.45. The Balaban J connectivity index is 1.57. The first-order valence-electron chi connectivity index (χ1n) is 12.1. The molecule has 2 aromatic heterocycles. The van der Waals surface area contributed by atoms with E-state index in [4.69, 9.17) is 9.26 Å². The molecule has 5 rings (SSSR count). The molecule has 0 atom stereocenters. The predicted octanol–water partition coefficient (Wildman–Crippen LogP) is 4.06. The number of carbonyl (C=O) groups excluding carboxylic acids is 2. The molecule has 0 bridgehead atoms. The number of benzene rings is 2. The van der Waals surface area contributed by atoms with Crippen molar-refractivity contribution in [3.63, 3.8) is 0 Å². The lowest BCUT2D eigenvalue weighted by atomic mass is 9.94. The molecule has 1 fully saturated rings. The number of aromatic nitrogens is 6. The SMILES string of the molecule is COc1ccc(N(C(=O)n2nnn(-c3cccc4nsnc34)c2=O)C2CCCCC2)cc1C(=O)OP(C)C. The summed E-state index contributed by atoms with van der Waals surface area (Å²) >= 11 is 1.02. The molecule has 12 nitrogen and oxygen atoms in total. The molecule has 0 aliphatic heterocycles. The Kier molecular flexibility index (Phi) is 7.48. The van der Waals surface area contributed by atoms with E-state index in [0.29, 0.717) is 28.2 Å². The van der Waals surface area contributed by atoms with Gasteiger partial charge in [-0.2, -0.15) is 13.4 Å². The molecule has 0 N–H and O–H groups in total. The van der Waals surface area contributed by atoms with Gasteiger partial charge in [0.1, 0.15) is 28.0 Å². The van der Waals surface area contributed by atoms with Crippen LogP contribution in [-0.2, 0) is 4.52 Å². The average molecular weight is 556 g/mol. The van der Waals surface area contributed by atoms with Gasteiger partial charge in [0.2, 0.25) is 0 Å². The number of amides is 1. The summed E-state index contributed by atoms with van der Waals surface area (Å²) in [6.45, 7) is 3.64. The summed E-state index contributed by atoms with van der Waals surface area (Å²) in [5.41, 5.74) is 1.41. The Hall–Kier alpha value is -3.70. The van der Waals surface area contributed by atoms with E-state index in [2.05, 4.69) is 19.2 Å². The van der Waals surface area contributed by atoms with Gasteiger partial charge in [0.05, 0.1) is 27.0 Å². The molecule has 38 heavy (non-hydrogen) atoms. The summed E-state index contributed by atoms with van der Waals surface area (Å²) < 4.78 is 21.1. The van der Waals surface area contributed by atoms with Crippen molar-refractivity contribution in [2.45, 2.75) is 38.1 Å². The molecule has 1 aliphatic rings. The second-order valence-corrected chi connectivity index (χ2v) is 11.4. The lowest BCUT2D eigenvalue weighted by Crippen LogP contribution is -2.47. The second-order valence-electron chi connectivity index (χ2n) is 9.01. The van der Waals surface area contributed by atoms with Crippen molar-refractivity contribution in [2.75, 3.05) is 25.3 Å². The van der Waals surface area contributed by atoms with Crippen molar-refractivity contribution < 1.29 is 18.8 Å². The van der Waals surface area contributed by atoms with Crippen LogP contribution in [0.15, 0.2) is 41.2 Å². The van der Waals surface area contributed by atoms with E-state index >= 15 is 0 Å². The number of anilines is 1. The molecular weight excluding hydrogens is 529 g/mol. The summed E-state index contributed by atoms with van der Waals surface area (Å²) in [5.74, 6) is -0.205. The van der Waals surface area contributed by atoms with Gasteiger partial charge in [-0.05, 0) is 66.9 Å². The van der Waals surface area contributed by atoms with Gasteiger partial charge < -0.3 is 9.26 Å². The van der Waals surface area contributed by atoms with Crippen LogP contribution in [0, 0.1) is 0 Å². The third-order valence-corrected chi connectivity index (χ3v) is 7.42. The molecule has 0 spiro atoms. The van der Waals surface area contributed by atoms with Crippen LogP contribution in [0.4, 0.5) is 10.5 Å². The molecule has 1 aliphatic carbocycles. The van der Waals surface area contributed by atoms with Crippen molar-refractivity contribution in [3.8, 4) is 11.4 Å². The van der Waals surface area contributed by atoms with Crippen molar-refractivity contribution >= 4 is 48.6 Å². The van der Waals surface area contributed by atoms with Crippen LogP contribution in [0.5, 0.6) is 5.75 Å². The molecule has 198 valence electrons. The maximum atomic E-state index is 13.9. The van der Waals surface area contributed by atoms with Gasteiger partial charge in [0.25, 0.3) is 0 Å². The van der Waals surface area contributed by atoms with E-state index in [0.717, 1.165) is 53.2 Å². The minimum absolute atomic E-state index is 0.189. The molecule has 0 saturated heterocycles.